The third kappa shape index (κ3) is 5.83. The Morgan fingerprint density at radius 3 is 2.73 bits per heavy atom. The molecule has 3 aromatic rings. The Balaban J connectivity index is 1.55. The van der Waals surface area contributed by atoms with Crippen molar-refractivity contribution < 1.29 is 14.6 Å². The summed E-state index contributed by atoms with van der Waals surface area (Å²) in [6.07, 6.45) is -0.620. The highest BCUT2D eigenvalue weighted by atomic mass is 35.5. The zero-order chi connectivity index (χ0) is 21.5. The summed E-state index contributed by atoms with van der Waals surface area (Å²) in [6, 6.07) is 17.1. The summed E-state index contributed by atoms with van der Waals surface area (Å²) < 4.78 is 4.87. The van der Waals surface area contributed by atoms with Crippen LogP contribution in [0.25, 0.3) is 10.4 Å². The average Bonchev–Trinajstić information content (AvgIpc) is 3.25. The molecule has 2 atom stereocenters. The standard InChI is InChI=1S/C23H25ClN2O3S/c1-15(25-14-21(27)16-5-3-7-18(24)11-16)13-26-19-8-4-6-17(12-19)22-20(9-10-30-22)23(28)29-2/h3-12,15,21,25-27H,13-14H2,1-2H3/t15-,21+/m1/s1. The fourth-order valence-corrected chi connectivity index (χ4v) is 4.14. The Morgan fingerprint density at radius 1 is 1.17 bits per heavy atom. The predicted molar refractivity (Wildman–Crippen MR) is 123 cm³/mol. The van der Waals surface area contributed by atoms with Gasteiger partial charge < -0.3 is 20.5 Å². The van der Waals surface area contributed by atoms with Gasteiger partial charge in [0.05, 0.1) is 18.8 Å². The number of hydrogen-bond acceptors (Lipinski definition) is 6. The van der Waals surface area contributed by atoms with Crippen LogP contribution in [0.2, 0.25) is 5.02 Å². The van der Waals surface area contributed by atoms with Gasteiger partial charge in [0, 0.05) is 34.7 Å². The molecule has 0 saturated carbocycles. The molecular weight excluding hydrogens is 420 g/mol. The van der Waals surface area contributed by atoms with E-state index in [1.807, 2.05) is 41.8 Å². The van der Waals surface area contributed by atoms with Crippen molar-refractivity contribution in [1.29, 1.82) is 0 Å². The van der Waals surface area contributed by atoms with Crippen LogP contribution in [0.4, 0.5) is 5.69 Å². The summed E-state index contributed by atoms with van der Waals surface area (Å²) in [5.41, 5.74) is 3.29. The van der Waals surface area contributed by atoms with Gasteiger partial charge in [0.1, 0.15) is 0 Å². The summed E-state index contributed by atoms with van der Waals surface area (Å²) in [6.45, 7) is 3.16. The van der Waals surface area contributed by atoms with E-state index >= 15 is 0 Å². The average molecular weight is 445 g/mol. The molecule has 158 valence electrons. The first-order chi connectivity index (χ1) is 14.5. The molecule has 1 heterocycles. The van der Waals surface area contributed by atoms with Crippen LogP contribution in [0, 0.1) is 0 Å². The molecule has 0 aliphatic heterocycles. The Morgan fingerprint density at radius 2 is 1.97 bits per heavy atom. The van der Waals surface area contributed by atoms with E-state index in [-0.39, 0.29) is 12.0 Å². The summed E-state index contributed by atoms with van der Waals surface area (Å²) in [4.78, 5) is 12.8. The first-order valence-electron chi connectivity index (χ1n) is 9.65. The third-order valence-electron chi connectivity index (χ3n) is 4.70. The van der Waals surface area contributed by atoms with E-state index in [2.05, 4.69) is 17.6 Å². The summed E-state index contributed by atoms with van der Waals surface area (Å²) in [5.74, 6) is -0.333. The molecule has 30 heavy (non-hydrogen) atoms. The van der Waals surface area contributed by atoms with Gasteiger partial charge in [-0.25, -0.2) is 4.79 Å². The predicted octanol–water partition coefficient (Wildman–Crippen LogP) is 4.98. The molecule has 3 N–H and O–H groups in total. The smallest absolute Gasteiger partial charge is 0.339 e. The number of carbonyl (C=O) groups excluding carboxylic acids is 1. The van der Waals surface area contributed by atoms with E-state index in [9.17, 15) is 9.90 Å². The molecule has 0 saturated heterocycles. The van der Waals surface area contributed by atoms with Crippen molar-refractivity contribution in [3.05, 3.63) is 76.1 Å². The maximum atomic E-state index is 11.9. The first kappa shape index (κ1) is 22.3. The molecule has 2 aromatic carbocycles. The Bertz CT molecular complexity index is 992. The molecule has 5 nitrogen and oxygen atoms in total. The lowest BCUT2D eigenvalue weighted by Gasteiger charge is -2.19. The molecule has 0 spiro atoms. The zero-order valence-electron chi connectivity index (χ0n) is 16.9. The lowest BCUT2D eigenvalue weighted by molar-refractivity contribution is 0.0602. The molecule has 0 radical (unpaired) electrons. The molecule has 0 fully saturated rings. The lowest BCUT2D eigenvalue weighted by atomic mass is 10.1. The molecule has 0 unspecified atom stereocenters. The topological polar surface area (TPSA) is 70.6 Å². The van der Waals surface area contributed by atoms with Crippen LogP contribution in [0.5, 0.6) is 0 Å². The second-order valence-corrected chi connectivity index (χ2v) is 8.35. The summed E-state index contributed by atoms with van der Waals surface area (Å²) >= 11 is 7.50. The highest BCUT2D eigenvalue weighted by Crippen LogP contribution is 2.31. The summed E-state index contributed by atoms with van der Waals surface area (Å²) in [5, 5.41) is 19.6. The fourth-order valence-electron chi connectivity index (χ4n) is 3.06. The van der Waals surface area contributed by atoms with E-state index in [0.29, 0.717) is 23.7 Å². The number of thiophene rings is 1. The number of methoxy groups -OCH3 is 1. The fraction of sp³-hybridized carbons (Fsp3) is 0.261. The number of aliphatic hydroxyl groups excluding tert-OH is 1. The molecular formula is C23H25ClN2O3S. The molecule has 0 aliphatic rings. The van der Waals surface area contributed by atoms with E-state index in [4.69, 9.17) is 16.3 Å². The quantitative estimate of drug-likeness (QED) is 0.406. The highest BCUT2D eigenvalue weighted by molar-refractivity contribution is 7.14. The third-order valence-corrected chi connectivity index (χ3v) is 5.90. The number of hydrogen-bond donors (Lipinski definition) is 3. The second-order valence-electron chi connectivity index (χ2n) is 7.00. The van der Waals surface area contributed by atoms with Crippen molar-refractivity contribution in [3.8, 4) is 10.4 Å². The minimum Gasteiger partial charge on any atom is -0.465 e. The van der Waals surface area contributed by atoms with Gasteiger partial charge in [-0.3, -0.25) is 0 Å². The molecule has 0 aliphatic carbocycles. The maximum absolute atomic E-state index is 11.9. The van der Waals surface area contributed by atoms with Crippen LogP contribution in [0.3, 0.4) is 0 Å². The van der Waals surface area contributed by atoms with Gasteiger partial charge in [-0.15, -0.1) is 11.3 Å². The van der Waals surface area contributed by atoms with Crippen molar-refractivity contribution in [2.75, 3.05) is 25.5 Å². The molecule has 0 amide bonds. The Kier molecular flexibility index (Phi) is 7.87. The number of nitrogens with one attached hydrogen (secondary N) is 2. The number of ether oxygens (including phenoxy) is 1. The van der Waals surface area contributed by atoms with E-state index in [0.717, 1.165) is 21.7 Å². The monoisotopic (exact) mass is 444 g/mol. The maximum Gasteiger partial charge on any atom is 0.339 e. The number of halogens is 1. The number of rotatable bonds is 9. The van der Waals surface area contributed by atoms with Gasteiger partial charge >= 0.3 is 5.97 Å². The van der Waals surface area contributed by atoms with Gasteiger partial charge in [-0.1, -0.05) is 35.9 Å². The molecule has 0 bridgehead atoms. The van der Waals surface area contributed by atoms with Crippen molar-refractivity contribution in [3.63, 3.8) is 0 Å². The highest BCUT2D eigenvalue weighted by Gasteiger charge is 2.15. The Hall–Kier alpha value is -2.38. The van der Waals surface area contributed by atoms with Gasteiger partial charge in [0.15, 0.2) is 0 Å². The number of aliphatic hydroxyl groups is 1. The van der Waals surface area contributed by atoms with Crippen LogP contribution in [-0.4, -0.2) is 37.3 Å². The van der Waals surface area contributed by atoms with Gasteiger partial charge in [0.25, 0.3) is 0 Å². The minimum absolute atomic E-state index is 0.134. The minimum atomic E-state index is -0.620. The van der Waals surface area contributed by atoms with Crippen molar-refractivity contribution in [1.82, 2.24) is 5.32 Å². The van der Waals surface area contributed by atoms with Crippen LogP contribution >= 0.6 is 22.9 Å². The number of anilines is 1. The second kappa shape index (κ2) is 10.6. The van der Waals surface area contributed by atoms with Gasteiger partial charge in [-0.05, 0) is 53.8 Å². The first-order valence-corrected chi connectivity index (χ1v) is 10.9. The number of benzene rings is 2. The van der Waals surface area contributed by atoms with Crippen molar-refractivity contribution in [2.24, 2.45) is 0 Å². The van der Waals surface area contributed by atoms with Crippen LogP contribution in [0.1, 0.15) is 28.9 Å². The molecule has 7 heteroatoms. The van der Waals surface area contributed by atoms with E-state index < -0.39 is 6.10 Å². The van der Waals surface area contributed by atoms with Crippen molar-refractivity contribution >= 4 is 34.6 Å². The lowest BCUT2D eigenvalue weighted by Crippen LogP contribution is -2.35. The van der Waals surface area contributed by atoms with Crippen LogP contribution in [0.15, 0.2) is 60.0 Å². The normalized spacial score (nSPS) is 12.9. The summed E-state index contributed by atoms with van der Waals surface area (Å²) in [7, 11) is 1.39. The number of carbonyl (C=O) groups is 1. The Labute approximate surface area is 185 Å². The van der Waals surface area contributed by atoms with E-state index in [1.165, 1.54) is 18.4 Å². The van der Waals surface area contributed by atoms with Gasteiger partial charge in [-0.2, -0.15) is 0 Å². The molecule has 1 aromatic heterocycles. The zero-order valence-corrected chi connectivity index (χ0v) is 18.5. The largest absolute Gasteiger partial charge is 0.465 e. The van der Waals surface area contributed by atoms with Gasteiger partial charge in [0.2, 0.25) is 0 Å². The van der Waals surface area contributed by atoms with Crippen LogP contribution in [-0.2, 0) is 4.74 Å². The van der Waals surface area contributed by atoms with Crippen molar-refractivity contribution in [2.45, 2.75) is 19.1 Å². The van der Waals surface area contributed by atoms with Crippen LogP contribution < -0.4 is 10.6 Å². The SMILES string of the molecule is COC(=O)c1ccsc1-c1cccc(NC[C@@H](C)NC[C@H](O)c2cccc(Cl)c2)c1. The van der Waals surface area contributed by atoms with E-state index in [1.54, 1.807) is 18.2 Å². The number of esters is 1. The molecule has 3 rings (SSSR count).